The normalized spacial score (nSPS) is 10.7. The smallest absolute Gasteiger partial charge is 0.290 e. The largest absolute Gasteiger partial charge is 0.451 e. The van der Waals surface area contributed by atoms with Crippen LogP contribution in [0.5, 0.6) is 0 Å². The van der Waals surface area contributed by atoms with Gasteiger partial charge >= 0.3 is 0 Å². The van der Waals surface area contributed by atoms with Gasteiger partial charge in [-0.05, 0) is 53.6 Å². The molecule has 29 heavy (non-hydrogen) atoms. The molecule has 0 radical (unpaired) electrons. The van der Waals surface area contributed by atoms with E-state index in [0.29, 0.717) is 23.9 Å². The van der Waals surface area contributed by atoms with Crippen LogP contribution in [-0.2, 0) is 13.1 Å². The molecular weight excluding hydrogens is 386 g/mol. The van der Waals surface area contributed by atoms with Crippen molar-refractivity contribution >= 4 is 17.5 Å². The van der Waals surface area contributed by atoms with Gasteiger partial charge in [0.05, 0.1) is 5.02 Å². The van der Waals surface area contributed by atoms with Crippen molar-refractivity contribution in [1.82, 2.24) is 14.9 Å². The second-order valence-corrected chi connectivity index (χ2v) is 6.93. The molecule has 0 spiro atoms. The molecule has 1 amide bonds. The fourth-order valence-electron chi connectivity index (χ4n) is 3.03. The van der Waals surface area contributed by atoms with E-state index < -0.39 is 0 Å². The minimum absolute atomic E-state index is 0.205. The van der Waals surface area contributed by atoms with Crippen molar-refractivity contribution in [1.29, 1.82) is 0 Å². The molecule has 0 saturated carbocycles. The Kier molecular flexibility index (Phi) is 5.68. The first-order chi connectivity index (χ1) is 14.2. The number of hydrogen-bond donors (Lipinski definition) is 0. The van der Waals surface area contributed by atoms with Gasteiger partial charge in [-0.1, -0.05) is 29.8 Å². The summed E-state index contributed by atoms with van der Waals surface area (Å²) in [7, 11) is 0. The SMILES string of the molecule is O=C(c1ccc(-c2ccccc2Cl)o1)N(Cc1ccncc1)Cc1cccnc1. The zero-order chi connectivity index (χ0) is 20.1. The maximum absolute atomic E-state index is 13.2. The van der Waals surface area contributed by atoms with E-state index >= 15 is 0 Å². The molecule has 0 unspecified atom stereocenters. The summed E-state index contributed by atoms with van der Waals surface area (Å²) in [5.41, 5.74) is 2.67. The highest BCUT2D eigenvalue weighted by Gasteiger charge is 2.21. The Morgan fingerprint density at radius 1 is 0.862 bits per heavy atom. The molecule has 4 aromatic rings. The van der Waals surface area contributed by atoms with Crippen LogP contribution in [-0.4, -0.2) is 20.8 Å². The first-order valence-electron chi connectivity index (χ1n) is 9.12. The molecule has 144 valence electrons. The zero-order valence-corrected chi connectivity index (χ0v) is 16.3. The zero-order valence-electron chi connectivity index (χ0n) is 15.5. The van der Waals surface area contributed by atoms with E-state index in [0.717, 1.165) is 16.7 Å². The lowest BCUT2D eigenvalue weighted by molar-refractivity contribution is 0.0698. The number of hydrogen-bond acceptors (Lipinski definition) is 4. The molecule has 3 heterocycles. The second kappa shape index (κ2) is 8.71. The first kappa shape index (κ1) is 18.9. The van der Waals surface area contributed by atoms with Gasteiger partial charge in [0.15, 0.2) is 5.76 Å². The molecule has 0 N–H and O–H groups in total. The lowest BCUT2D eigenvalue weighted by atomic mass is 10.2. The molecule has 0 aliphatic heterocycles. The van der Waals surface area contributed by atoms with Gasteiger partial charge in [0, 0.05) is 43.4 Å². The lowest BCUT2D eigenvalue weighted by Crippen LogP contribution is -2.29. The Bertz CT molecular complexity index is 1060. The van der Waals surface area contributed by atoms with Crippen molar-refractivity contribution in [2.75, 3.05) is 0 Å². The van der Waals surface area contributed by atoms with Gasteiger partial charge in [-0.25, -0.2) is 0 Å². The fraction of sp³-hybridized carbons (Fsp3) is 0.0870. The Labute approximate surface area is 173 Å². The number of furan rings is 1. The van der Waals surface area contributed by atoms with Crippen molar-refractivity contribution in [2.24, 2.45) is 0 Å². The van der Waals surface area contributed by atoms with Gasteiger partial charge in [-0.3, -0.25) is 14.8 Å². The summed E-state index contributed by atoms with van der Waals surface area (Å²) in [4.78, 5) is 23.2. The average Bonchev–Trinajstić information content (AvgIpc) is 3.24. The molecule has 0 aliphatic rings. The molecule has 0 fully saturated rings. The number of pyridine rings is 2. The van der Waals surface area contributed by atoms with E-state index in [4.69, 9.17) is 16.0 Å². The Hall–Kier alpha value is -3.44. The Morgan fingerprint density at radius 2 is 1.66 bits per heavy atom. The van der Waals surface area contributed by atoms with Gasteiger partial charge in [0.25, 0.3) is 5.91 Å². The first-order valence-corrected chi connectivity index (χ1v) is 9.50. The summed E-state index contributed by atoms with van der Waals surface area (Å²) in [6.07, 6.45) is 6.89. The molecule has 5 nitrogen and oxygen atoms in total. The molecule has 0 saturated heterocycles. The molecule has 0 atom stereocenters. The molecule has 0 aliphatic carbocycles. The van der Waals surface area contributed by atoms with Crippen LogP contribution in [0.2, 0.25) is 5.02 Å². The van der Waals surface area contributed by atoms with E-state index in [9.17, 15) is 4.79 Å². The summed E-state index contributed by atoms with van der Waals surface area (Å²) in [6.45, 7) is 0.843. The summed E-state index contributed by atoms with van der Waals surface area (Å²) in [6, 6.07) is 18.4. The number of carbonyl (C=O) groups is 1. The number of nitrogens with zero attached hydrogens (tertiary/aromatic N) is 3. The van der Waals surface area contributed by atoms with Gasteiger partial charge in [0.2, 0.25) is 0 Å². The fourth-order valence-corrected chi connectivity index (χ4v) is 3.26. The van der Waals surface area contributed by atoms with Crippen LogP contribution in [0.1, 0.15) is 21.7 Å². The van der Waals surface area contributed by atoms with Gasteiger partial charge in [-0.2, -0.15) is 0 Å². The van der Waals surface area contributed by atoms with Gasteiger partial charge < -0.3 is 9.32 Å². The molecule has 0 bridgehead atoms. The minimum Gasteiger partial charge on any atom is -0.451 e. The molecule has 4 rings (SSSR count). The number of halogens is 1. The predicted molar refractivity (Wildman–Crippen MR) is 111 cm³/mol. The quantitative estimate of drug-likeness (QED) is 0.442. The number of rotatable bonds is 6. The lowest BCUT2D eigenvalue weighted by Gasteiger charge is -2.22. The third-order valence-electron chi connectivity index (χ3n) is 4.46. The van der Waals surface area contributed by atoms with E-state index in [-0.39, 0.29) is 11.7 Å². The molecule has 1 aromatic carbocycles. The highest BCUT2D eigenvalue weighted by atomic mass is 35.5. The highest BCUT2D eigenvalue weighted by Crippen LogP contribution is 2.29. The molecule has 6 heteroatoms. The van der Waals surface area contributed by atoms with Crippen LogP contribution in [0.3, 0.4) is 0 Å². The summed E-state index contributed by atoms with van der Waals surface area (Å²) in [5, 5.41) is 0.574. The maximum Gasteiger partial charge on any atom is 0.290 e. The van der Waals surface area contributed by atoms with E-state index in [2.05, 4.69) is 9.97 Å². The maximum atomic E-state index is 13.2. The average molecular weight is 404 g/mol. The van der Waals surface area contributed by atoms with Gasteiger partial charge in [-0.15, -0.1) is 0 Å². The van der Waals surface area contributed by atoms with Crippen molar-refractivity contribution in [3.8, 4) is 11.3 Å². The third kappa shape index (κ3) is 4.52. The summed E-state index contributed by atoms with van der Waals surface area (Å²) < 4.78 is 5.87. The van der Waals surface area contributed by atoms with E-state index in [1.165, 1.54) is 0 Å². The standard InChI is InChI=1S/C23H18ClN3O2/c24-20-6-2-1-5-19(20)21-7-8-22(29-21)23(28)27(15-17-9-12-25-13-10-17)16-18-4-3-11-26-14-18/h1-14H,15-16H2. The second-order valence-electron chi connectivity index (χ2n) is 6.52. The van der Waals surface area contributed by atoms with Gasteiger partial charge in [0.1, 0.15) is 5.76 Å². The summed E-state index contributed by atoms with van der Waals surface area (Å²) in [5.74, 6) is 0.617. The Balaban J connectivity index is 1.61. The van der Waals surface area contributed by atoms with Crippen LogP contribution >= 0.6 is 11.6 Å². The van der Waals surface area contributed by atoms with Crippen molar-refractivity contribution in [3.05, 3.63) is 107 Å². The van der Waals surface area contributed by atoms with Crippen LogP contribution in [0.4, 0.5) is 0 Å². The topological polar surface area (TPSA) is 59.2 Å². The van der Waals surface area contributed by atoms with Crippen LogP contribution in [0, 0.1) is 0 Å². The monoisotopic (exact) mass is 403 g/mol. The van der Waals surface area contributed by atoms with Crippen molar-refractivity contribution in [2.45, 2.75) is 13.1 Å². The predicted octanol–water partition coefficient (Wildman–Crippen LogP) is 5.23. The van der Waals surface area contributed by atoms with Crippen LogP contribution in [0.15, 0.2) is 89.9 Å². The van der Waals surface area contributed by atoms with Crippen molar-refractivity contribution in [3.63, 3.8) is 0 Å². The van der Waals surface area contributed by atoms with Crippen LogP contribution < -0.4 is 0 Å². The number of amides is 1. The number of carbonyl (C=O) groups excluding carboxylic acids is 1. The number of aromatic nitrogens is 2. The van der Waals surface area contributed by atoms with E-state index in [1.54, 1.807) is 47.9 Å². The van der Waals surface area contributed by atoms with Crippen LogP contribution in [0.25, 0.3) is 11.3 Å². The number of benzene rings is 1. The third-order valence-corrected chi connectivity index (χ3v) is 4.79. The molecular formula is C23H18ClN3O2. The van der Waals surface area contributed by atoms with E-state index in [1.807, 2.05) is 42.5 Å². The Morgan fingerprint density at radius 3 is 2.41 bits per heavy atom. The molecule has 3 aromatic heterocycles. The summed E-state index contributed by atoms with van der Waals surface area (Å²) >= 11 is 6.26. The minimum atomic E-state index is -0.205. The van der Waals surface area contributed by atoms with Crippen molar-refractivity contribution < 1.29 is 9.21 Å². The highest BCUT2D eigenvalue weighted by molar-refractivity contribution is 6.33.